The lowest BCUT2D eigenvalue weighted by atomic mass is 9.93. The molecule has 1 atom stereocenters. The number of hydrogen-bond donors (Lipinski definition) is 1. The molecule has 4 nitrogen and oxygen atoms in total. The molecular formula is C15H23NO3S. The first-order chi connectivity index (χ1) is 9.23. The summed E-state index contributed by atoms with van der Waals surface area (Å²) in [5, 5.41) is 0. The van der Waals surface area contributed by atoms with Gasteiger partial charge in [0.25, 0.3) is 0 Å². The summed E-state index contributed by atoms with van der Waals surface area (Å²) in [6.45, 7) is 6.18. The van der Waals surface area contributed by atoms with Crippen molar-refractivity contribution >= 4 is 15.9 Å². The van der Waals surface area contributed by atoms with Crippen molar-refractivity contribution in [1.29, 1.82) is 0 Å². The first-order valence-electron chi connectivity index (χ1n) is 6.83. The van der Waals surface area contributed by atoms with Gasteiger partial charge in [-0.25, -0.2) is 8.42 Å². The monoisotopic (exact) mass is 297 g/mol. The van der Waals surface area contributed by atoms with Crippen LogP contribution in [-0.2, 0) is 21.2 Å². The third-order valence-corrected chi connectivity index (χ3v) is 3.61. The van der Waals surface area contributed by atoms with Crippen LogP contribution >= 0.6 is 0 Å². The van der Waals surface area contributed by atoms with Gasteiger partial charge in [0.05, 0.1) is 12.2 Å². The van der Waals surface area contributed by atoms with Crippen molar-refractivity contribution in [3.8, 4) is 0 Å². The van der Waals surface area contributed by atoms with Crippen molar-refractivity contribution in [3.63, 3.8) is 0 Å². The van der Waals surface area contributed by atoms with E-state index < -0.39 is 21.8 Å². The third-order valence-electron chi connectivity index (χ3n) is 3.04. The Morgan fingerprint density at radius 2 is 1.75 bits per heavy atom. The van der Waals surface area contributed by atoms with Crippen LogP contribution < -0.4 is 4.72 Å². The van der Waals surface area contributed by atoms with Crippen molar-refractivity contribution in [2.75, 3.05) is 6.26 Å². The molecule has 0 saturated carbocycles. The molecule has 1 aromatic rings. The highest BCUT2D eigenvalue weighted by molar-refractivity contribution is 7.89. The van der Waals surface area contributed by atoms with Gasteiger partial charge in [-0.1, -0.05) is 45.0 Å². The summed E-state index contributed by atoms with van der Waals surface area (Å²) in [6, 6.07) is 7.83. The average Bonchev–Trinajstić information content (AvgIpc) is 2.29. The zero-order valence-electron chi connectivity index (χ0n) is 12.5. The first kappa shape index (κ1) is 16.7. The number of sulfonamides is 1. The van der Waals surface area contributed by atoms with Gasteiger partial charge >= 0.3 is 0 Å². The minimum Gasteiger partial charge on any atom is -0.273 e. The van der Waals surface area contributed by atoms with Crippen LogP contribution in [0.25, 0.3) is 0 Å². The molecule has 0 heterocycles. The maximum atomic E-state index is 12.0. The number of nitrogens with one attached hydrogen (secondary N) is 1. The van der Waals surface area contributed by atoms with Gasteiger partial charge in [0.1, 0.15) is 0 Å². The molecule has 0 bridgehead atoms. The van der Waals surface area contributed by atoms with Gasteiger partial charge in [0, 0.05) is 0 Å². The molecule has 5 heteroatoms. The Labute approximate surface area is 121 Å². The Hall–Kier alpha value is -1.36. The average molecular weight is 297 g/mol. The van der Waals surface area contributed by atoms with E-state index in [2.05, 4.69) is 13.8 Å². The maximum Gasteiger partial charge on any atom is 0.240 e. The summed E-state index contributed by atoms with van der Waals surface area (Å²) < 4.78 is 24.3. The largest absolute Gasteiger partial charge is 0.273 e. The molecule has 0 aliphatic heterocycles. The van der Waals surface area contributed by atoms with E-state index in [0.29, 0.717) is 12.3 Å². The molecule has 1 amide bonds. The highest BCUT2D eigenvalue weighted by atomic mass is 32.2. The van der Waals surface area contributed by atoms with E-state index in [0.717, 1.165) is 18.2 Å². The van der Waals surface area contributed by atoms with Crippen LogP contribution in [0.15, 0.2) is 24.3 Å². The molecule has 1 aromatic carbocycles. The van der Waals surface area contributed by atoms with Gasteiger partial charge in [-0.3, -0.25) is 9.52 Å². The van der Waals surface area contributed by atoms with Crippen LogP contribution in [0.3, 0.4) is 0 Å². The molecule has 0 aliphatic rings. The Kier molecular flexibility index (Phi) is 5.74. The molecule has 1 unspecified atom stereocenters. The number of rotatable bonds is 6. The van der Waals surface area contributed by atoms with Crippen molar-refractivity contribution in [3.05, 3.63) is 35.4 Å². The van der Waals surface area contributed by atoms with E-state index in [1.54, 1.807) is 0 Å². The Morgan fingerprint density at radius 3 is 2.15 bits per heavy atom. The van der Waals surface area contributed by atoms with E-state index in [1.807, 2.05) is 35.9 Å². The van der Waals surface area contributed by atoms with Gasteiger partial charge < -0.3 is 0 Å². The van der Waals surface area contributed by atoms with Crippen LogP contribution in [0.1, 0.15) is 44.2 Å². The SMILES string of the molecule is CCC(C(=O)NS(C)(=O)=O)c1ccc(CC(C)C)cc1. The second kappa shape index (κ2) is 6.88. The molecule has 0 radical (unpaired) electrons. The molecule has 1 N–H and O–H groups in total. The quantitative estimate of drug-likeness (QED) is 0.877. The third kappa shape index (κ3) is 5.33. The molecule has 0 spiro atoms. The summed E-state index contributed by atoms with van der Waals surface area (Å²) in [5.74, 6) is -0.319. The highest BCUT2D eigenvalue weighted by Gasteiger charge is 2.21. The molecule has 0 fully saturated rings. The van der Waals surface area contributed by atoms with Crippen molar-refractivity contribution in [2.45, 2.75) is 39.5 Å². The molecule has 0 saturated heterocycles. The van der Waals surface area contributed by atoms with Gasteiger partial charge in [-0.05, 0) is 29.9 Å². The zero-order valence-corrected chi connectivity index (χ0v) is 13.3. The summed E-state index contributed by atoms with van der Waals surface area (Å²) in [7, 11) is -3.51. The lowest BCUT2D eigenvalue weighted by molar-refractivity contribution is -0.120. The van der Waals surface area contributed by atoms with Crippen LogP contribution in [0.5, 0.6) is 0 Å². The smallest absolute Gasteiger partial charge is 0.240 e. The molecule has 20 heavy (non-hydrogen) atoms. The van der Waals surface area contributed by atoms with E-state index in [9.17, 15) is 13.2 Å². The molecular weight excluding hydrogens is 274 g/mol. The molecule has 0 aliphatic carbocycles. The van der Waals surface area contributed by atoms with E-state index in [4.69, 9.17) is 0 Å². The second-order valence-corrected chi connectivity index (χ2v) is 7.29. The predicted molar refractivity (Wildman–Crippen MR) is 81.0 cm³/mol. The molecule has 112 valence electrons. The zero-order chi connectivity index (χ0) is 15.3. The highest BCUT2D eigenvalue weighted by Crippen LogP contribution is 2.21. The normalized spacial score (nSPS) is 13.2. The molecule has 0 aromatic heterocycles. The number of benzene rings is 1. The van der Waals surface area contributed by atoms with Crippen LogP contribution in [0.4, 0.5) is 0 Å². The first-order valence-corrected chi connectivity index (χ1v) is 8.72. The summed E-state index contributed by atoms with van der Waals surface area (Å²) >= 11 is 0. The standard InChI is InChI=1S/C15H23NO3S/c1-5-14(15(17)16-20(4,18)19)13-8-6-12(7-9-13)10-11(2)3/h6-9,11,14H,5,10H2,1-4H3,(H,16,17). The summed E-state index contributed by atoms with van der Waals surface area (Å²) in [4.78, 5) is 12.0. The van der Waals surface area contributed by atoms with Gasteiger partial charge in [0.2, 0.25) is 15.9 Å². The Bertz CT molecular complexity index is 547. The minimum atomic E-state index is -3.51. The van der Waals surface area contributed by atoms with Crippen molar-refractivity contribution in [1.82, 2.24) is 4.72 Å². The summed E-state index contributed by atoms with van der Waals surface area (Å²) in [5.41, 5.74) is 2.07. The fourth-order valence-corrected chi connectivity index (χ4v) is 2.69. The van der Waals surface area contributed by atoms with Gasteiger partial charge in [0.15, 0.2) is 0 Å². The fraction of sp³-hybridized carbons (Fsp3) is 0.533. The topological polar surface area (TPSA) is 63.2 Å². The number of carbonyl (C=O) groups is 1. The van der Waals surface area contributed by atoms with Crippen LogP contribution in [0, 0.1) is 5.92 Å². The van der Waals surface area contributed by atoms with Crippen molar-refractivity contribution < 1.29 is 13.2 Å². The summed E-state index contributed by atoms with van der Waals surface area (Å²) in [6.07, 6.45) is 2.54. The Balaban J connectivity index is 2.87. The Morgan fingerprint density at radius 1 is 1.20 bits per heavy atom. The van der Waals surface area contributed by atoms with Gasteiger partial charge in [-0.2, -0.15) is 0 Å². The van der Waals surface area contributed by atoms with Crippen LogP contribution in [-0.4, -0.2) is 20.6 Å². The van der Waals surface area contributed by atoms with E-state index in [1.165, 1.54) is 5.56 Å². The lowest BCUT2D eigenvalue weighted by Gasteiger charge is -2.15. The number of hydrogen-bond acceptors (Lipinski definition) is 3. The molecule has 1 rings (SSSR count). The van der Waals surface area contributed by atoms with E-state index in [-0.39, 0.29) is 0 Å². The second-order valence-electron chi connectivity index (χ2n) is 5.54. The van der Waals surface area contributed by atoms with E-state index >= 15 is 0 Å². The maximum absolute atomic E-state index is 12.0. The van der Waals surface area contributed by atoms with Crippen molar-refractivity contribution in [2.24, 2.45) is 5.92 Å². The van der Waals surface area contributed by atoms with Gasteiger partial charge in [-0.15, -0.1) is 0 Å². The number of carbonyl (C=O) groups excluding carboxylic acids is 1. The predicted octanol–water partition coefficient (Wildman–Crippen LogP) is 2.45. The lowest BCUT2D eigenvalue weighted by Crippen LogP contribution is -2.33. The minimum absolute atomic E-state index is 0.433. The fourth-order valence-electron chi connectivity index (χ4n) is 2.18. The number of amides is 1. The van der Waals surface area contributed by atoms with Crippen LogP contribution in [0.2, 0.25) is 0 Å².